The Kier molecular flexibility index (Phi) is 8.32. The average Bonchev–Trinajstić information content (AvgIpc) is 3.01. The quantitative estimate of drug-likeness (QED) is 0.683. The van der Waals surface area contributed by atoms with Crippen molar-refractivity contribution in [1.82, 2.24) is 15.1 Å². The second-order valence-corrected chi connectivity index (χ2v) is 8.37. The standard InChI is InChI=1S/C24H31ClN4O2/c1-3-23(30)27-22-11-7-20(8-12-22)18(2)26-24(31)29-14-4-13-28(15-16-29)17-19-5-9-21(25)10-6-19/h5-12,18H,3-4,13-17H2,1-2H3,(H,26,31)(H,27,30). The van der Waals surface area contributed by atoms with Crippen LogP contribution in [-0.2, 0) is 11.3 Å². The number of nitrogens with one attached hydrogen (secondary N) is 2. The molecule has 31 heavy (non-hydrogen) atoms. The van der Waals surface area contributed by atoms with Gasteiger partial charge in [0.25, 0.3) is 0 Å². The number of carbonyl (C=O) groups is 2. The molecule has 1 atom stereocenters. The van der Waals surface area contributed by atoms with Crippen molar-refractivity contribution in [1.29, 1.82) is 0 Å². The van der Waals surface area contributed by atoms with Crippen molar-refractivity contribution >= 4 is 29.2 Å². The molecule has 166 valence electrons. The molecule has 2 aromatic rings. The van der Waals surface area contributed by atoms with Gasteiger partial charge in [-0.05, 0) is 48.7 Å². The van der Waals surface area contributed by atoms with Gasteiger partial charge in [0.2, 0.25) is 5.91 Å². The minimum Gasteiger partial charge on any atom is -0.331 e. The van der Waals surface area contributed by atoms with Crippen LogP contribution in [0.4, 0.5) is 10.5 Å². The van der Waals surface area contributed by atoms with Crippen molar-refractivity contribution in [2.24, 2.45) is 0 Å². The Morgan fingerprint density at radius 1 is 1.00 bits per heavy atom. The lowest BCUT2D eigenvalue weighted by Crippen LogP contribution is -2.42. The molecule has 2 N–H and O–H groups in total. The summed E-state index contributed by atoms with van der Waals surface area (Å²) in [5, 5.41) is 6.69. The minimum atomic E-state index is -0.114. The van der Waals surface area contributed by atoms with Crippen LogP contribution in [0.15, 0.2) is 48.5 Å². The predicted molar refractivity (Wildman–Crippen MR) is 125 cm³/mol. The van der Waals surface area contributed by atoms with E-state index in [-0.39, 0.29) is 18.0 Å². The van der Waals surface area contributed by atoms with Crippen LogP contribution < -0.4 is 10.6 Å². The molecule has 0 saturated carbocycles. The summed E-state index contributed by atoms with van der Waals surface area (Å²) >= 11 is 5.97. The summed E-state index contributed by atoms with van der Waals surface area (Å²) in [4.78, 5) is 28.6. The van der Waals surface area contributed by atoms with E-state index in [2.05, 4.69) is 27.7 Å². The van der Waals surface area contributed by atoms with Crippen LogP contribution in [-0.4, -0.2) is 47.9 Å². The number of anilines is 1. The molecule has 0 spiro atoms. The summed E-state index contributed by atoms with van der Waals surface area (Å²) in [6, 6.07) is 15.4. The van der Waals surface area contributed by atoms with E-state index in [9.17, 15) is 9.59 Å². The molecule has 0 radical (unpaired) electrons. The number of hydrogen-bond acceptors (Lipinski definition) is 3. The average molecular weight is 443 g/mol. The summed E-state index contributed by atoms with van der Waals surface area (Å²) in [6.45, 7) is 7.92. The van der Waals surface area contributed by atoms with Gasteiger partial charge in [-0.2, -0.15) is 0 Å². The number of halogens is 1. The zero-order valence-corrected chi connectivity index (χ0v) is 19.0. The van der Waals surface area contributed by atoms with Crippen LogP contribution in [0.3, 0.4) is 0 Å². The Hall–Kier alpha value is -2.57. The monoisotopic (exact) mass is 442 g/mol. The van der Waals surface area contributed by atoms with Crippen LogP contribution in [0.25, 0.3) is 0 Å². The summed E-state index contributed by atoms with van der Waals surface area (Å²) in [7, 11) is 0. The highest BCUT2D eigenvalue weighted by atomic mass is 35.5. The highest BCUT2D eigenvalue weighted by Gasteiger charge is 2.21. The molecule has 1 fully saturated rings. The molecule has 0 aliphatic carbocycles. The number of rotatable bonds is 6. The zero-order valence-electron chi connectivity index (χ0n) is 18.2. The van der Waals surface area contributed by atoms with Gasteiger partial charge in [0, 0.05) is 49.9 Å². The Bertz CT molecular complexity index is 870. The van der Waals surface area contributed by atoms with Crippen molar-refractivity contribution < 1.29 is 9.59 Å². The summed E-state index contributed by atoms with van der Waals surface area (Å²) in [6.07, 6.45) is 1.39. The molecule has 0 aromatic heterocycles. The van der Waals surface area contributed by atoms with E-state index < -0.39 is 0 Å². The molecule has 0 bridgehead atoms. The predicted octanol–water partition coefficient (Wildman–Crippen LogP) is 4.67. The van der Waals surface area contributed by atoms with Gasteiger partial charge < -0.3 is 15.5 Å². The first-order valence-corrected chi connectivity index (χ1v) is 11.2. The van der Waals surface area contributed by atoms with E-state index in [1.807, 2.05) is 55.1 Å². The molecule has 1 aliphatic rings. The zero-order chi connectivity index (χ0) is 22.2. The van der Waals surface area contributed by atoms with Gasteiger partial charge in [-0.15, -0.1) is 0 Å². The Morgan fingerprint density at radius 3 is 2.39 bits per heavy atom. The second kappa shape index (κ2) is 11.2. The van der Waals surface area contributed by atoms with Gasteiger partial charge in [-0.1, -0.05) is 42.8 Å². The maximum Gasteiger partial charge on any atom is 0.317 e. The van der Waals surface area contributed by atoms with Crippen molar-refractivity contribution in [3.8, 4) is 0 Å². The summed E-state index contributed by atoms with van der Waals surface area (Å²) < 4.78 is 0. The smallest absolute Gasteiger partial charge is 0.317 e. The molecule has 1 heterocycles. The number of carbonyl (C=O) groups excluding carboxylic acids is 2. The molecule has 7 heteroatoms. The normalized spacial score (nSPS) is 15.8. The third-order valence-corrected chi connectivity index (χ3v) is 5.80. The lowest BCUT2D eigenvalue weighted by atomic mass is 10.1. The van der Waals surface area contributed by atoms with E-state index in [4.69, 9.17) is 11.6 Å². The summed E-state index contributed by atoms with van der Waals surface area (Å²) in [5.41, 5.74) is 3.00. The molecule has 2 aromatic carbocycles. The Labute approximate surface area is 189 Å². The maximum atomic E-state index is 12.8. The number of nitrogens with zero attached hydrogens (tertiary/aromatic N) is 2. The molecular formula is C24H31ClN4O2. The molecule has 1 unspecified atom stereocenters. The van der Waals surface area contributed by atoms with Crippen LogP contribution in [0.5, 0.6) is 0 Å². The molecular weight excluding hydrogens is 412 g/mol. The van der Waals surface area contributed by atoms with Crippen molar-refractivity contribution in [2.45, 2.75) is 39.3 Å². The van der Waals surface area contributed by atoms with Crippen LogP contribution in [0.2, 0.25) is 5.02 Å². The third-order valence-electron chi connectivity index (χ3n) is 5.55. The number of amides is 3. The van der Waals surface area contributed by atoms with Gasteiger partial charge in [0.15, 0.2) is 0 Å². The highest BCUT2D eigenvalue weighted by Crippen LogP contribution is 2.17. The van der Waals surface area contributed by atoms with Gasteiger partial charge in [-0.25, -0.2) is 4.79 Å². The van der Waals surface area contributed by atoms with E-state index in [0.717, 1.165) is 48.9 Å². The topological polar surface area (TPSA) is 64.7 Å². The largest absolute Gasteiger partial charge is 0.331 e. The van der Waals surface area contributed by atoms with Crippen LogP contribution in [0.1, 0.15) is 43.9 Å². The Morgan fingerprint density at radius 2 is 1.71 bits per heavy atom. The Balaban J connectivity index is 1.49. The molecule has 3 rings (SSSR count). The fourth-order valence-corrected chi connectivity index (χ4v) is 3.77. The second-order valence-electron chi connectivity index (χ2n) is 7.94. The first kappa shape index (κ1) is 23.1. The molecule has 1 aliphatic heterocycles. The fraction of sp³-hybridized carbons (Fsp3) is 0.417. The number of benzene rings is 2. The van der Waals surface area contributed by atoms with Crippen molar-refractivity contribution in [2.75, 3.05) is 31.5 Å². The van der Waals surface area contributed by atoms with Gasteiger partial charge in [0.05, 0.1) is 6.04 Å². The van der Waals surface area contributed by atoms with Crippen molar-refractivity contribution in [3.05, 3.63) is 64.7 Å². The molecule has 6 nitrogen and oxygen atoms in total. The SMILES string of the molecule is CCC(=O)Nc1ccc(C(C)NC(=O)N2CCCN(Cc3ccc(Cl)cc3)CC2)cc1. The van der Waals surface area contributed by atoms with E-state index in [1.165, 1.54) is 5.56 Å². The maximum absolute atomic E-state index is 12.8. The van der Waals surface area contributed by atoms with E-state index in [1.54, 1.807) is 0 Å². The molecule has 3 amide bonds. The lowest BCUT2D eigenvalue weighted by molar-refractivity contribution is -0.115. The van der Waals surface area contributed by atoms with Crippen LogP contribution in [0, 0.1) is 0 Å². The number of hydrogen-bond donors (Lipinski definition) is 2. The van der Waals surface area contributed by atoms with Gasteiger partial charge in [-0.3, -0.25) is 9.69 Å². The van der Waals surface area contributed by atoms with Crippen LogP contribution >= 0.6 is 11.6 Å². The minimum absolute atomic E-state index is 0.0135. The third kappa shape index (κ3) is 6.97. The first-order valence-electron chi connectivity index (χ1n) is 10.9. The number of urea groups is 1. The van der Waals surface area contributed by atoms with Gasteiger partial charge in [0.1, 0.15) is 0 Å². The first-order chi connectivity index (χ1) is 14.9. The van der Waals surface area contributed by atoms with Crippen molar-refractivity contribution in [3.63, 3.8) is 0 Å². The summed E-state index contributed by atoms with van der Waals surface area (Å²) in [5.74, 6) is -0.0135. The van der Waals surface area contributed by atoms with E-state index >= 15 is 0 Å². The van der Waals surface area contributed by atoms with Gasteiger partial charge >= 0.3 is 6.03 Å². The lowest BCUT2D eigenvalue weighted by Gasteiger charge is -2.24. The fourth-order valence-electron chi connectivity index (χ4n) is 3.64. The van der Waals surface area contributed by atoms with E-state index in [0.29, 0.717) is 13.0 Å². The highest BCUT2D eigenvalue weighted by molar-refractivity contribution is 6.30. The molecule has 1 saturated heterocycles.